The molecule has 2 aromatic heterocycles. The first-order valence-corrected chi connectivity index (χ1v) is 7.68. The Morgan fingerprint density at radius 1 is 1.20 bits per heavy atom. The standard InChI is InChI=1S/C16H17N3S/c1-3-13(12-7-5-4-6-11(12)2)19-16-15-14(8-9-20-15)17-10-18-16/h4-10,13H,3H2,1-2H3,(H,17,18,19). The molecule has 0 saturated carbocycles. The molecule has 3 rings (SSSR count). The van der Waals surface area contributed by atoms with Gasteiger partial charge in [0.2, 0.25) is 0 Å². The second-order valence-electron chi connectivity index (χ2n) is 4.82. The molecule has 0 aliphatic rings. The first-order valence-electron chi connectivity index (χ1n) is 6.80. The lowest BCUT2D eigenvalue weighted by Gasteiger charge is -2.20. The molecule has 1 N–H and O–H groups in total. The van der Waals surface area contributed by atoms with Gasteiger partial charge in [0.15, 0.2) is 0 Å². The average Bonchev–Trinajstić information content (AvgIpc) is 2.95. The topological polar surface area (TPSA) is 37.8 Å². The maximum atomic E-state index is 4.41. The molecule has 0 spiro atoms. The van der Waals surface area contributed by atoms with Crippen molar-refractivity contribution >= 4 is 27.4 Å². The molecule has 2 heterocycles. The SMILES string of the molecule is CCC(Nc1ncnc2ccsc12)c1ccccc1C. The molecule has 3 aromatic rings. The van der Waals surface area contributed by atoms with E-state index in [1.807, 2.05) is 6.07 Å². The van der Waals surface area contributed by atoms with Gasteiger partial charge in [-0.25, -0.2) is 9.97 Å². The average molecular weight is 283 g/mol. The number of benzene rings is 1. The molecule has 0 radical (unpaired) electrons. The number of hydrogen-bond donors (Lipinski definition) is 1. The van der Waals surface area contributed by atoms with Gasteiger partial charge >= 0.3 is 0 Å². The number of fused-ring (bicyclic) bond motifs is 1. The van der Waals surface area contributed by atoms with E-state index in [1.54, 1.807) is 17.7 Å². The Hall–Kier alpha value is -1.94. The van der Waals surface area contributed by atoms with Crippen molar-refractivity contribution in [3.05, 3.63) is 53.2 Å². The van der Waals surface area contributed by atoms with E-state index in [9.17, 15) is 0 Å². The van der Waals surface area contributed by atoms with E-state index in [0.717, 1.165) is 22.5 Å². The van der Waals surface area contributed by atoms with Gasteiger partial charge in [-0.15, -0.1) is 11.3 Å². The Balaban J connectivity index is 1.96. The number of rotatable bonds is 4. The third-order valence-corrected chi connectivity index (χ3v) is 4.44. The van der Waals surface area contributed by atoms with Crippen LogP contribution in [0.25, 0.3) is 10.2 Å². The van der Waals surface area contributed by atoms with Gasteiger partial charge in [0.1, 0.15) is 12.1 Å². The number of hydrogen-bond acceptors (Lipinski definition) is 4. The Kier molecular flexibility index (Phi) is 3.65. The van der Waals surface area contributed by atoms with E-state index in [1.165, 1.54) is 11.1 Å². The minimum Gasteiger partial charge on any atom is -0.362 e. The van der Waals surface area contributed by atoms with Crippen LogP contribution in [0.2, 0.25) is 0 Å². The molecule has 0 saturated heterocycles. The summed E-state index contributed by atoms with van der Waals surface area (Å²) in [6.45, 7) is 4.34. The summed E-state index contributed by atoms with van der Waals surface area (Å²) in [4.78, 5) is 8.69. The van der Waals surface area contributed by atoms with E-state index < -0.39 is 0 Å². The molecular weight excluding hydrogens is 266 g/mol. The molecule has 1 atom stereocenters. The third-order valence-electron chi connectivity index (χ3n) is 3.53. The summed E-state index contributed by atoms with van der Waals surface area (Å²) in [6.07, 6.45) is 2.64. The molecule has 0 aliphatic heterocycles. The van der Waals surface area contributed by atoms with Gasteiger partial charge in [0.25, 0.3) is 0 Å². The Bertz CT molecular complexity index is 720. The summed E-state index contributed by atoms with van der Waals surface area (Å²) in [5, 5.41) is 5.63. The largest absolute Gasteiger partial charge is 0.362 e. The second kappa shape index (κ2) is 5.59. The minimum atomic E-state index is 0.274. The molecule has 102 valence electrons. The lowest BCUT2D eigenvalue weighted by atomic mass is 9.99. The summed E-state index contributed by atoms with van der Waals surface area (Å²) in [5.74, 6) is 0.931. The lowest BCUT2D eigenvalue weighted by Crippen LogP contribution is -2.12. The van der Waals surface area contributed by atoms with Crippen molar-refractivity contribution in [2.24, 2.45) is 0 Å². The summed E-state index contributed by atoms with van der Waals surface area (Å²) in [6, 6.07) is 10.8. The predicted molar refractivity (Wildman–Crippen MR) is 85.2 cm³/mol. The summed E-state index contributed by atoms with van der Waals surface area (Å²) in [7, 11) is 0. The van der Waals surface area contributed by atoms with E-state index >= 15 is 0 Å². The molecule has 0 aliphatic carbocycles. The maximum absolute atomic E-state index is 4.41. The highest BCUT2D eigenvalue weighted by Crippen LogP contribution is 2.30. The minimum absolute atomic E-state index is 0.274. The van der Waals surface area contributed by atoms with Crippen LogP contribution in [-0.2, 0) is 0 Å². The third kappa shape index (κ3) is 2.39. The van der Waals surface area contributed by atoms with Crippen molar-refractivity contribution in [1.29, 1.82) is 0 Å². The van der Waals surface area contributed by atoms with Crippen LogP contribution in [0.3, 0.4) is 0 Å². The Morgan fingerprint density at radius 2 is 2.05 bits per heavy atom. The van der Waals surface area contributed by atoms with Gasteiger partial charge in [-0.3, -0.25) is 0 Å². The highest BCUT2D eigenvalue weighted by atomic mass is 32.1. The van der Waals surface area contributed by atoms with Crippen molar-refractivity contribution in [3.63, 3.8) is 0 Å². The van der Waals surface area contributed by atoms with Crippen LogP contribution in [0.15, 0.2) is 42.0 Å². The maximum Gasteiger partial charge on any atom is 0.147 e. The van der Waals surface area contributed by atoms with Crippen molar-refractivity contribution in [2.75, 3.05) is 5.32 Å². The number of thiophene rings is 1. The van der Waals surface area contributed by atoms with E-state index in [4.69, 9.17) is 0 Å². The fraction of sp³-hybridized carbons (Fsp3) is 0.250. The second-order valence-corrected chi connectivity index (χ2v) is 5.74. The van der Waals surface area contributed by atoms with Crippen LogP contribution in [0.4, 0.5) is 5.82 Å². The van der Waals surface area contributed by atoms with Crippen LogP contribution in [-0.4, -0.2) is 9.97 Å². The molecular formula is C16H17N3S. The van der Waals surface area contributed by atoms with Gasteiger partial charge in [-0.1, -0.05) is 31.2 Å². The predicted octanol–water partition coefficient (Wildman–Crippen LogP) is 4.56. The fourth-order valence-electron chi connectivity index (χ4n) is 2.43. The smallest absolute Gasteiger partial charge is 0.147 e. The Labute approximate surface area is 122 Å². The van der Waals surface area contributed by atoms with Crippen LogP contribution >= 0.6 is 11.3 Å². The van der Waals surface area contributed by atoms with Gasteiger partial charge in [0.05, 0.1) is 16.3 Å². The highest BCUT2D eigenvalue weighted by molar-refractivity contribution is 7.17. The van der Waals surface area contributed by atoms with Crippen LogP contribution in [0, 0.1) is 6.92 Å². The number of aromatic nitrogens is 2. The number of aryl methyl sites for hydroxylation is 1. The van der Waals surface area contributed by atoms with Gasteiger partial charge < -0.3 is 5.32 Å². The molecule has 4 heteroatoms. The molecule has 3 nitrogen and oxygen atoms in total. The quantitative estimate of drug-likeness (QED) is 0.762. The van der Waals surface area contributed by atoms with Crippen LogP contribution < -0.4 is 5.32 Å². The molecule has 1 aromatic carbocycles. The first-order chi connectivity index (χ1) is 9.79. The molecule has 0 fully saturated rings. The van der Waals surface area contributed by atoms with Crippen molar-refractivity contribution in [2.45, 2.75) is 26.3 Å². The van der Waals surface area contributed by atoms with E-state index in [0.29, 0.717) is 0 Å². The van der Waals surface area contributed by atoms with Crippen molar-refractivity contribution in [1.82, 2.24) is 9.97 Å². The number of nitrogens with one attached hydrogen (secondary N) is 1. The Morgan fingerprint density at radius 3 is 2.85 bits per heavy atom. The number of nitrogens with zero attached hydrogens (tertiary/aromatic N) is 2. The van der Waals surface area contributed by atoms with E-state index in [2.05, 4.69) is 58.8 Å². The first kappa shape index (κ1) is 13.1. The van der Waals surface area contributed by atoms with Crippen LogP contribution in [0.5, 0.6) is 0 Å². The zero-order valence-corrected chi connectivity index (χ0v) is 12.4. The molecule has 20 heavy (non-hydrogen) atoms. The normalized spacial score (nSPS) is 12.5. The lowest BCUT2D eigenvalue weighted by molar-refractivity contribution is 0.740. The van der Waals surface area contributed by atoms with E-state index in [-0.39, 0.29) is 6.04 Å². The summed E-state index contributed by atoms with van der Waals surface area (Å²) in [5.41, 5.74) is 3.65. The fourth-order valence-corrected chi connectivity index (χ4v) is 3.23. The van der Waals surface area contributed by atoms with Gasteiger partial charge in [0, 0.05) is 0 Å². The van der Waals surface area contributed by atoms with Crippen molar-refractivity contribution < 1.29 is 0 Å². The molecule has 0 amide bonds. The number of anilines is 1. The van der Waals surface area contributed by atoms with Gasteiger partial charge in [-0.2, -0.15) is 0 Å². The van der Waals surface area contributed by atoms with Gasteiger partial charge in [-0.05, 0) is 35.9 Å². The summed E-state index contributed by atoms with van der Waals surface area (Å²) < 4.78 is 1.12. The van der Waals surface area contributed by atoms with Crippen LogP contribution in [0.1, 0.15) is 30.5 Å². The zero-order chi connectivity index (χ0) is 13.9. The van der Waals surface area contributed by atoms with Crippen molar-refractivity contribution in [3.8, 4) is 0 Å². The zero-order valence-electron chi connectivity index (χ0n) is 11.6. The molecule has 0 bridgehead atoms. The highest BCUT2D eigenvalue weighted by Gasteiger charge is 2.14. The summed E-state index contributed by atoms with van der Waals surface area (Å²) >= 11 is 1.68. The molecule has 1 unspecified atom stereocenters. The monoisotopic (exact) mass is 283 g/mol.